The normalized spacial score (nSPS) is 11.9. The highest BCUT2D eigenvalue weighted by atomic mass is 16.4. The first kappa shape index (κ1) is 14.7. The molecule has 0 rings (SSSR count). The lowest BCUT2D eigenvalue weighted by Crippen LogP contribution is -2.44. The molecule has 6 heteroatoms. The molecule has 0 aliphatic rings. The van der Waals surface area contributed by atoms with Gasteiger partial charge in [-0.25, -0.2) is 9.59 Å². The van der Waals surface area contributed by atoms with Gasteiger partial charge in [0, 0.05) is 13.1 Å². The molecule has 0 heterocycles. The summed E-state index contributed by atoms with van der Waals surface area (Å²) < 4.78 is 0. The van der Waals surface area contributed by atoms with Gasteiger partial charge in [-0.2, -0.15) is 0 Å². The summed E-state index contributed by atoms with van der Waals surface area (Å²) in [6, 6.07) is -0.337. The molecule has 1 atom stereocenters. The van der Waals surface area contributed by atoms with Gasteiger partial charge in [-0.15, -0.1) is 0 Å². The Bertz CT molecular complexity index is 233. The topological polar surface area (TPSA) is 89.9 Å². The molecule has 0 aromatic rings. The number of aliphatic carboxylic acids is 1. The summed E-state index contributed by atoms with van der Waals surface area (Å²) in [5.74, 6) is -1.34. The standard InChI is InChI=1S/C10H20N2O4/c1-3-5-6-12(4-2)10(16)11-7-8(13)9(14)15/h8,13H,3-7H2,1-2H3,(H,11,16)(H,14,15)/t8-/m0/s1. The van der Waals surface area contributed by atoms with Gasteiger partial charge in [0.25, 0.3) is 0 Å². The van der Waals surface area contributed by atoms with Crippen LogP contribution in [0.1, 0.15) is 26.7 Å². The summed E-state index contributed by atoms with van der Waals surface area (Å²) in [7, 11) is 0. The van der Waals surface area contributed by atoms with Crippen LogP contribution < -0.4 is 5.32 Å². The van der Waals surface area contributed by atoms with Crippen LogP contribution in [0.3, 0.4) is 0 Å². The number of aliphatic hydroxyl groups excluding tert-OH is 1. The second-order valence-electron chi connectivity index (χ2n) is 3.47. The van der Waals surface area contributed by atoms with Crippen molar-refractivity contribution >= 4 is 12.0 Å². The monoisotopic (exact) mass is 232 g/mol. The molecule has 6 nitrogen and oxygen atoms in total. The minimum atomic E-state index is -1.55. The molecule has 0 saturated heterocycles. The molecule has 0 aliphatic carbocycles. The Morgan fingerprint density at radius 3 is 2.44 bits per heavy atom. The number of carbonyl (C=O) groups is 2. The smallest absolute Gasteiger partial charge is 0.334 e. The Balaban J connectivity index is 3.96. The van der Waals surface area contributed by atoms with E-state index in [0.29, 0.717) is 13.1 Å². The minimum absolute atomic E-state index is 0.267. The van der Waals surface area contributed by atoms with E-state index in [4.69, 9.17) is 10.2 Å². The Labute approximate surface area is 95.2 Å². The van der Waals surface area contributed by atoms with Gasteiger partial charge in [-0.1, -0.05) is 13.3 Å². The van der Waals surface area contributed by atoms with Gasteiger partial charge in [0.1, 0.15) is 0 Å². The molecule has 2 amide bonds. The molecule has 3 N–H and O–H groups in total. The highest BCUT2D eigenvalue weighted by Gasteiger charge is 2.16. The van der Waals surface area contributed by atoms with Crippen molar-refractivity contribution in [2.75, 3.05) is 19.6 Å². The zero-order chi connectivity index (χ0) is 12.6. The average molecular weight is 232 g/mol. The third kappa shape index (κ3) is 5.55. The van der Waals surface area contributed by atoms with Gasteiger partial charge in [-0.3, -0.25) is 0 Å². The van der Waals surface area contributed by atoms with E-state index in [1.165, 1.54) is 0 Å². The first-order chi connectivity index (χ1) is 7.52. The summed E-state index contributed by atoms with van der Waals surface area (Å²) in [6.07, 6.45) is 0.346. The summed E-state index contributed by atoms with van der Waals surface area (Å²) in [6.45, 7) is 4.82. The van der Waals surface area contributed by atoms with Crippen molar-refractivity contribution in [2.45, 2.75) is 32.8 Å². The Hall–Kier alpha value is -1.30. The predicted octanol–water partition coefficient (Wildman–Crippen LogP) is 0.263. The molecule has 0 aliphatic heterocycles. The van der Waals surface area contributed by atoms with Crippen LogP contribution >= 0.6 is 0 Å². The van der Waals surface area contributed by atoms with Crippen molar-refractivity contribution < 1.29 is 19.8 Å². The van der Waals surface area contributed by atoms with Gasteiger partial charge in [-0.05, 0) is 13.3 Å². The van der Waals surface area contributed by atoms with E-state index in [-0.39, 0.29) is 12.6 Å². The highest BCUT2D eigenvalue weighted by molar-refractivity contribution is 5.76. The fourth-order valence-electron chi connectivity index (χ4n) is 1.14. The molecular formula is C10H20N2O4. The zero-order valence-corrected chi connectivity index (χ0v) is 9.77. The maximum atomic E-state index is 11.5. The van der Waals surface area contributed by atoms with E-state index in [1.54, 1.807) is 4.90 Å². The highest BCUT2D eigenvalue weighted by Crippen LogP contribution is 1.95. The second kappa shape index (κ2) is 7.92. The van der Waals surface area contributed by atoms with Gasteiger partial charge in [0.2, 0.25) is 0 Å². The number of hydrogen-bond acceptors (Lipinski definition) is 3. The van der Waals surface area contributed by atoms with Crippen molar-refractivity contribution in [2.24, 2.45) is 0 Å². The summed E-state index contributed by atoms with van der Waals surface area (Å²) >= 11 is 0. The first-order valence-electron chi connectivity index (χ1n) is 5.46. The third-order valence-electron chi connectivity index (χ3n) is 2.18. The number of carboxylic acid groups (broad SMARTS) is 1. The third-order valence-corrected chi connectivity index (χ3v) is 2.18. The lowest BCUT2D eigenvalue weighted by atomic mass is 10.3. The van der Waals surface area contributed by atoms with Gasteiger partial charge >= 0.3 is 12.0 Å². The van der Waals surface area contributed by atoms with Crippen molar-refractivity contribution in [1.82, 2.24) is 10.2 Å². The number of amides is 2. The molecule has 0 radical (unpaired) electrons. The number of carbonyl (C=O) groups excluding carboxylic acids is 1. The number of aliphatic hydroxyl groups is 1. The number of urea groups is 1. The van der Waals surface area contributed by atoms with Crippen LogP contribution in [0.15, 0.2) is 0 Å². The van der Waals surface area contributed by atoms with Gasteiger partial charge < -0.3 is 20.4 Å². The van der Waals surface area contributed by atoms with Crippen LogP contribution in [0, 0.1) is 0 Å². The molecule has 0 bridgehead atoms. The quantitative estimate of drug-likeness (QED) is 0.587. The predicted molar refractivity (Wildman–Crippen MR) is 59.2 cm³/mol. The lowest BCUT2D eigenvalue weighted by molar-refractivity contribution is -0.146. The number of nitrogens with zero attached hydrogens (tertiary/aromatic N) is 1. The molecule has 0 saturated carbocycles. The van der Waals surface area contributed by atoms with E-state index in [9.17, 15) is 9.59 Å². The van der Waals surface area contributed by atoms with Crippen molar-refractivity contribution in [3.8, 4) is 0 Å². The van der Waals surface area contributed by atoms with E-state index >= 15 is 0 Å². The molecule has 0 unspecified atom stereocenters. The lowest BCUT2D eigenvalue weighted by Gasteiger charge is -2.21. The van der Waals surface area contributed by atoms with Gasteiger partial charge in [0.05, 0.1) is 6.54 Å². The van der Waals surface area contributed by atoms with Gasteiger partial charge in [0.15, 0.2) is 6.10 Å². The van der Waals surface area contributed by atoms with E-state index in [1.807, 2.05) is 13.8 Å². The van der Waals surface area contributed by atoms with E-state index in [0.717, 1.165) is 12.8 Å². The number of carboxylic acids is 1. The average Bonchev–Trinajstić information content (AvgIpc) is 2.26. The minimum Gasteiger partial charge on any atom is -0.479 e. The van der Waals surface area contributed by atoms with Crippen molar-refractivity contribution in [3.05, 3.63) is 0 Å². The molecule has 0 spiro atoms. The van der Waals surface area contributed by atoms with Crippen LogP contribution in [0.2, 0.25) is 0 Å². The molecule has 0 aromatic heterocycles. The largest absolute Gasteiger partial charge is 0.479 e. The molecule has 94 valence electrons. The first-order valence-corrected chi connectivity index (χ1v) is 5.46. The van der Waals surface area contributed by atoms with Crippen LogP contribution in [0.5, 0.6) is 0 Å². The molecule has 0 aromatic carbocycles. The maximum absolute atomic E-state index is 11.5. The van der Waals surface area contributed by atoms with Crippen LogP contribution in [0.25, 0.3) is 0 Å². The molecule has 0 fully saturated rings. The maximum Gasteiger partial charge on any atom is 0.334 e. The summed E-state index contributed by atoms with van der Waals surface area (Å²) in [5.41, 5.74) is 0. The summed E-state index contributed by atoms with van der Waals surface area (Å²) in [4.78, 5) is 23.4. The van der Waals surface area contributed by atoms with Crippen molar-refractivity contribution in [3.63, 3.8) is 0 Å². The Morgan fingerprint density at radius 2 is 2.00 bits per heavy atom. The Morgan fingerprint density at radius 1 is 1.38 bits per heavy atom. The molecule has 16 heavy (non-hydrogen) atoms. The van der Waals surface area contributed by atoms with Crippen LogP contribution in [-0.2, 0) is 4.79 Å². The van der Waals surface area contributed by atoms with Crippen LogP contribution in [0.4, 0.5) is 4.79 Å². The Kier molecular flexibility index (Phi) is 7.28. The number of unbranched alkanes of at least 4 members (excludes halogenated alkanes) is 1. The fraction of sp³-hybridized carbons (Fsp3) is 0.800. The number of nitrogens with one attached hydrogen (secondary N) is 1. The number of hydrogen-bond donors (Lipinski definition) is 3. The van der Waals surface area contributed by atoms with E-state index in [2.05, 4.69) is 5.32 Å². The van der Waals surface area contributed by atoms with Crippen LogP contribution in [-0.4, -0.2) is 52.9 Å². The zero-order valence-electron chi connectivity index (χ0n) is 9.77. The fourth-order valence-corrected chi connectivity index (χ4v) is 1.14. The summed E-state index contributed by atoms with van der Waals surface area (Å²) in [5, 5.41) is 19.8. The molecular weight excluding hydrogens is 212 g/mol. The SMILES string of the molecule is CCCCN(CC)C(=O)NC[C@H](O)C(=O)O. The van der Waals surface area contributed by atoms with E-state index < -0.39 is 12.1 Å². The van der Waals surface area contributed by atoms with Crippen molar-refractivity contribution in [1.29, 1.82) is 0 Å². The number of rotatable bonds is 7. The second-order valence-corrected chi connectivity index (χ2v) is 3.47.